The van der Waals surface area contributed by atoms with Gasteiger partial charge < -0.3 is 15.2 Å². The average molecular weight is 333 g/mol. The Morgan fingerprint density at radius 2 is 1.75 bits per heavy atom. The molecule has 0 saturated carbocycles. The summed E-state index contributed by atoms with van der Waals surface area (Å²) in [6, 6.07) is 7.66. The number of hydrogen-bond donors (Lipinski definition) is 2. The molecule has 0 spiro atoms. The number of ether oxygens (including phenoxy) is 1. The summed E-state index contributed by atoms with van der Waals surface area (Å²) in [6.45, 7) is 0. The van der Waals surface area contributed by atoms with Crippen molar-refractivity contribution >= 4 is 28.7 Å². The van der Waals surface area contributed by atoms with Crippen molar-refractivity contribution in [2.24, 2.45) is 0 Å². The number of carbonyl (C=O) groups is 1. The summed E-state index contributed by atoms with van der Waals surface area (Å²) in [5.41, 5.74) is -1.96. The van der Waals surface area contributed by atoms with Crippen LogP contribution >= 0.6 is 0 Å². The Morgan fingerprint density at radius 3 is 2.21 bits per heavy atom. The van der Waals surface area contributed by atoms with Crippen LogP contribution in [0.4, 0.5) is 22.7 Å². The zero-order valence-corrected chi connectivity index (χ0v) is 12.3. The molecule has 0 atom stereocenters. The highest BCUT2D eigenvalue weighted by atomic mass is 16.6. The minimum Gasteiger partial charge on any atom is -0.497 e. The molecule has 0 aromatic heterocycles. The van der Waals surface area contributed by atoms with Crippen molar-refractivity contribution in [3.63, 3.8) is 0 Å². The summed E-state index contributed by atoms with van der Waals surface area (Å²) in [7, 11) is 1.46. The molecule has 24 heavy (non-hydrogen) atoms. The third-order valence-electron chi connectivity index (χ3n) is 3.10. The number of rotatable bonds is 6. The quantitative estimate of drug-likeness (QED) is 0.606. The minimum absolute atomic E-state index is 0.344. The molecule has 124 valence electrons. The monoisotopic (exact) mass is 333 g/mol. The lowest BCUT2D eigenvalue weighted by Crippen LogP contribution is -2.07. The zero-order chi connectivity index (χ0) is 17.9. The molecule has 0 unspecified atom stereocenters. The third-order valence-corrected chi connectivity index (χ3v) is 3.10. The Kier molecular flexibility index (Phi) is 4.59. The van der Waals surface area contributed by atoms with E-state index in [9.17, 15) is 30.1 Å². The fraction of sp³-hybridized carbons (Fsp3) is 0.0714. The highest BCUT2D eigenvalue weighted by molar-refractivity contribution is 5.99. The van der Waals surface area contributed by atoms with Crippen LogP contribution in [0.15, 0.2) is 36.4 Å². The molecule has 10 heteroatoms. The van der Waals surface area contributed by atoms with Crippen LogP contribution in [0.1, 0.15) is 10.4 Å². The number of anilines is 2. The van der Waals surface area contributed by atoms with E-state index < -0.39 is 32.8 Å². The molecule has 2 aromatic carbocycles. The molecule has 0 aliphatic heterocycles. The van der Waals surface area contributed by atoms with Crippen LogP contribution in [0.3, 0.4) is 0 Å². The fourth-order valence-electron chi connectivity index (χ4n) is 1.98. The first-order chi connectivity index (χ1) is 11.3. The van der Waals surface area contributed by atoms with Crippen LogP contribution in [0.2, 0.25) is 0 Å². The van der Waals surface area contributed by atoms with Gasteiger partial charge in [-0.25, -0.2) is 4.79 Å². The Balaban J connectivity index is 2.58. The van der Waals surface area contributed by atoms with E-state index in [1.807, 2.05) is 0 Å². The molecule has 10 nitrogen and oxygen atoms in total. The number of methoxy groups -OCH3 is 1. The number of benzene rings is 2. The molecular formula is C14H11N3O7. The summed E-state index contributed by atoms with van der Waals surface area (Å²) >= 11 is 0. The molecule has 0 fully saturated rings. The van der Waals surface area contributed by atoms with Crippen LogP contribution in [0.25, 0.3) is 0 Å². The molecule has 0 amide bonds. The van der Waals surface area contributed by atoms with E-state index in [-0.39, 0.29) is 5.69 Å². The molecule has 0 radical (unpaired) electrons. The number of nitro groups is 2. The summed E-state index contributed by atoms with van der Waals surface area (Å²) < 4.78 is 4.98. The number of nitro benzene ring substituents is 2. The van der Waals surface area contributed by atoms with Gasteiger partial charge in [-0.3, -0.25) is 20.2 Å². The van der Waals surface area contributed by atoms with Gasteiger partial charge in [0, 0.05) is 11.8 Å². The van der Waals surface area contributed by atoms with Gasteiger partial charge in [0.25, 0.3) is 11.4 Å². The van der Waals surface area contributed by atoms with Crippen molar-refractivity contribution in [3.8, 4) is 5.75 Å². The second kappa shape index (κ2) is 6.60. The van der Waals surface area contributed by atoms with E-state index in [0.717, 1.165) is 6.07 Å². The second-order valence-corrected chi connectivity index (χ2v) is 4.56. The Hall–Kier alpha value is -3.69. The number of hydrogen-bond acceptors (Lipinski definition) is 7. The first-order valence-electron chi connectivity index (χ1n) is 6.44. The van der Waals surface area contributed by atoms with Gasteiger partial charge in [-0.1, -0.05) is 0 Å². The standard InChI is InChI=1S/C14H11N3O7/c1-24-10-4-2-8(3-5-10)15-13-11(14(18)19)6-9(16(20)21)7-12(13)17(22)23/h2-7,15H,1H3,(H,18,19). The van der Waals surface area contributed by atoms with Gasteiger partial charge in [0.2, 0.25) is 0 Å². The average Bonchev–Trinajstić information content (AvgIpc) is 2.54. The third kappa shape index (κ3) is 3.38. The number of aromatic carboxylic acids is 1. The normalized spacial score (nSPS) is 10.0. The van der Waals surface area contributed by atoms with Crippen LogP contribution in [-0.2, 0) is 0 Å². The zero-order valence-electron chi connectivity index (χ0n) is 12.3. The first-order valence-corrected chi connectivity index (χ1v) is 6.44. The smallest absolute Gasteiger partial charge is 0.338 e. The van der Waals surface area contributed by atoms with E-state index in [4.69, 9.17) is 4.74 Å². The summed E-state index contributed by atoms with van der Waals surface area (Å²) in [6.07, 6.45) is 0. The maximum atomic E-state index is 11.4. The lowest BCUT2D eigenvalue weighted by Gasteiger charge is -2.11. The van der Waals surface area contributed by atoms with Gasteiger partial charge in [-0.2, -0.15) is 0 Å². The SMILES string of the molecule is COc1ccc(Nc2c(C(=O)O)cc([N+](=O)[O-])cc2[N+](=O)[O-])cc1. The van der Waals surface area contributed by atoms with Crippen LogP contribution < -0.4 is 10.1 Å². The lowest BCUT2D eigenvalue weighted by molar-refractivity contribution is -0.393. The highest BCUT2D eigenvalue weighted by Crippen LogP contribution is 2.35. The summed E-state index contributed by atoms with van der Waals surface area (Å²) in [5, 5.41) is 33.9. The van der Waals surface area contributed by atoms with E-state index in [1.54, 1.807) is 12.1 Å². The van der Waals surface area contributed by atoms with Crippen molar-refractivity contribution in [3.05, 3.63) is 62.2 Å². The van der Waals surface area contributed by atoms with Crippen LogP contribution in [-0.4, -0.2) is 28.0 Å². The van der Waals surface area contributed by atoms with Crippen molar-refractivity contribution in [1.82, 2.24) is 0 Å². The van der Waals surface area contributed by atoms with E-state index in [2.05, 4.69) is 5.32 Å². The molecule has 0 saturated heterocycles. The van der Waals surface area contributed by atoms with Crippen molar-refractivity contribution < 1.29 is 24.5 Å². The van der Waals surface area contributed by atoms with Crippen LogP contribution in [0, 0.1) is 20.2 Å². The van der Waals surface area contributed by atoms with E-state index >= 15 is 0 Å². The van der Waals surface area contributed by atoms with Gasteiger partial charge in [0.15, 0.2) is 0 Å². The topological polar surface area (TPSA) is 145 Å². The van der Waals surface area contributed by atoms with Crippen molar-refractivity contribution in [2.75, 3.05) is 12.4 Å². The number of carboxylic acid groups (broad SMARTS) is 1. The maximum absolute atomic E-state index is 11.4. The largest absolute Gasteiger partial charge is 0.497 e. The van der Waals surface area contributed by atoms with E-state index in [0.29, 0.717) is 17.5 Å². The Labute approximate surface area is 134 Å². The van der Waals surface area contributed by atoms with Gasteiger partial charge in [0.05, 0.1) is 28.6 Å². The summed E-state index contributed by atoms with van der Waals surface area (Å²) in [4.78, 5) is 31.6. The van der Waals surface area contributed by atoms with E-state index in [1.165, 1.54) is 19.2 Å². The lowest BCUT2D eigenvalue weighted by atomic mass is 10.1. The predicted octanol–water partition coefficient (Wildman–Crippen LogP) is 2.95. The van der Waals surface area contributed by atoms with Crippen molar-refractivity contribution in [2.45, 2.75) is 0 Å². The van der Waals surface area contributed by atoms with Gasteiger partial charge in [-0.05, 0) is 24.3 Å². The van der Waals surface area contributed by atoms with Crippen molar-refractivity contribution in [1.29, 1.82) is 0 Å². The number of carboxylic acids is 1. The Bertz CT molecular complexity index is 783. The predicted molar refractivity (Wildman–Crippen MR) is 83.0 cm³/mol. The van der Waals surface area contributed by atoms with Gasteiger partial charge in [-0.15, -0.1) is 0 Å². The molecule has 2 rings (SSSR count). The molecular weight excluding hydrogens is 322 g/mol. The molecule has 2 aromatic rings. The van der Waals surface area contributed by atoms with Gasteiger partial charge in [0.1, 0.15) is 11.4 Å². The Morgan fingerprint density at radius 1 is 1.12 bits per heavy atom. The molecule has 0 aliphatic carbocycles. The first kappa shape index (κ1) is 16.7. The minimum atomic E-state index is -1.53. The molecule has 0 aliphatic rings. The number of nitrogens with one attached hydrogen (secondary N) is 1. The number of nitrogens with zero attached hydrogens (tertiary/aromatic N) is 2. The van der Waals surface area contributed by atoms with Crippen LogP contribution in [0.5, 0.6) is 5.75 Å². The summed E-state index contributed by atoms with van der Waals surface area (Å²) in [5.74, 6) is -0.991. The molecule has 0 bridgehead atoms. The van der Waals surface area contributed by atoms with Gasteiger partial charge >= 0.3 is 5.97 Å². The fourth-order valence-corrected chi connectivity index (χ4v) is 1.98. The maximum Gasteiger partial charge on any atom is 0.338 e. The highest BCUT2D eigenvalue weighted by Gasteiger charge is 2.27. The molecule has 0 heterocycles. The number of non-ortho nitro benzene ring substituents is 1. The molecule has 2 N–H and O–H groups in total. The second-order valence-electron chi connectivity index (χ2n) is 4.56.